The number of benzene rings is 1. The lowest BCUT2D eigenvalue weighted by atomic mass is 10.3. The largest absolute Gasteiger partial charge is 0.494 e. The van der Waals surface area contributed by atoms with Crippen LogP contribution in [0.3, 0.4) is 0 Å². The van der Waals surface area contributed by atoms with Crippen LogP contribution in [0.5, 0.6) is 5.75 Å². The molecule has 1 aromatic heterocycles. The first kappa shape index (κ1) is 19.8. The molecule has 0 spiro atoms. The molecule has 1 atom stereocenters. The van der Waals surface area contributed by atoms with E-state index in [-0.39, 0.29) is 17.1 Å². The van der Waals surface area contributed by atoms with Crippen molar-refractivity contribution < 1.29 is 9.53 Å². The minimum absolute atomic E-state index is 0.0889. The van der Waals surface area contributed by atoms with Crippen LogP contribution in [0.15, 0.2) is 24.3 Å². The van der Waals surface area contributed by atoms with Gasteiger partial charge in [-0.2, -0.15) is 15.0 Å². The van der Waals surface area contributed by atoms with E-state index in [1.54, 1.807) is 4.90 Å². The first-order valence-electron chi connectivity index (χ1n) is 8.22. The number of nitrogens with two attached hydrogens (primary N) is 1. The summed E-state index contributed by atoms with van der Waals surface area (Å²) in [4.78, 5) is 26.6. The van der Waals surface area contributed by atoms with Crippen molar-refractivity contribution in [2.75, 3.05) is 36.7 Å². The van der Waals surface area contributed by atoms with Crippen molar-refractivity contribution in [2.45, 2.75) is 24.9 Å². The number of anilines is 3. The number of nitrogens with one attached hydrogen (secondary N) is 1. The Hall–Kier alpha value is -2.55. The van der Waals surface area contributed by atoms with Crippen molar-refractivity contribution in [2.24, 2.45) is 0 Å². The number of ether oxygens (including phenoxy) is 1. The van der Waals surface area contributed by atoms with Crippen LogP contribution in [-0.4, -0.2) is 46.8 Å². The maximum atomic E-state index is 12.3. The van der Waals surface area contributed by atoms with Crippen molar-refractivity contribution in [3.05, 3.63) is 30.1 Å². The highest BCUT2D eigenvalue weighted by atomic mass is 32.2. The molecule has 1 aromatic carbocycles. The predicted molar refractivity (Wildman–Crippen MR) is 106 cm³/mol. The smallest absolute Gasteiger partial charge is 0.237 e. The molecule has 1 heterocycles. The van der Waals surface area contributed by atoms with Gasteiger partial charge < -0.3 is 20.7 Å². The number of carbonyl (C=O) groups is 1. The van der Waals surface area contributed by atoms with E-state index >= 15 is 0 Å². The van der Waals surface area contributed by atoms with Gasteiger partial charge in [0.1, 0.15) is 11.6 Å². The van der Waals surface area contributed by atoms with Crippen LogP contribution in [0.25, 0.3) is 0 Å². The third kappa shape index (κ3) is 5.76. The second-order valence-electron chi connectivity index (χ2n) is 5.70. The molecule has 0 bridgehead atoms. The zero-order chi connectivity index (χ0) is 19.1. The first-order chi connectivity index (χ1) is 12.4. The van der Waals surface area contributed by atoms with Crippen LogP contribution in [-0.2, 0) is 10.5 Å². The van der Waals surface area contributed by atoms with E-state index in [0.29, 0.717) is 24.1 Å². The topological polar surface area (TPSA) is 106 Å². The summed E-state index contributed by atoms with van der Waals surface area (Å²) in [5, 5.41) is 2.61. The Morgan fingerprint density at radius 3 is 2.58 bits per heavy atom. The fourth-order valence-corrected chi connectivity index (χ4v) is 2.75. The molecule has 8 nitrogen and oxygen atoms in total. The van der Waals surface area contributed by atoms with E-state index in [9.17, 15) is 4.79 Å². The molecule has 2 rings (SSSR count). The van der Waals surface area contributed by atoms with Crippen molar-refractivity contribution in [3.8, 4) is 5.75 Å². The molecule has 1 unspecified atom stereocenters. The van der Waals surface area contributed by atoms with Gasteiger partial charge in [0.2, 0.25) is 17.8 Å². The van der Waals surface area contributed by atoms with Crippen LogP contribution >= 0.6 is 11.8 Å². The molecule has 0 aliphatic carbocycles. The second kappa shape index (κ2) is 9.23. The average molecular weight is 376 g/mol. The SMILES string of the molecule is CCOc1ccc(NC(=O)C(C)SCc2nc(N)nc(N(C)C)n2)cc1. The molecule has 1 amide bonds. The fourth-order valence-electron chi connectivity index (χ4n) is 2.01. The van der Waals surface area contributed by atoms with Gasteiger partial charge in [-0.05, 0) is 38.1 Å². The number of thioether (sulfide) groups is 1. The van der Waals surface area contributed by atoms with Crippen LogP contribution in [0.4, 0.5) is 17.6 Å². The molecule has 0 aliphatic heterocycles. The van der Waals surface area contributed by atoms with Gasteiger partial charge in [-0.15, -0.1) is 11.8 Å². The number of hydrogen-bond donors (Lipinski definition) is 2. The fraction of sp³-hybridized carbons (Fsp3) is 0.412. The summed E-state index contributed by atoms with van der Waals surface area (Å²) in [6.07, 6.45) is 0. The van der Waals surface area contributed by atoms with Crippen molar-refractivity contribution in [1.82, 2.24) is 15.0 Å². The van der Waals surface area contributed by atoms with E-state index in [1.165, 1.54) is 11.8 Å². The Morgan fingerprint density at radius 1 is 1.27 bits per heavy atom. The van der Waals surface area contributed by atoms with Crippen LogP contribution in [0.1, 0.15) is 19.7 Å². The molecule has 0 aliphatic rings. The van der Waals surface area contributed by atoms with Crippen LogP contribution in [0.2, 0.25) is 0 Å². The summed E-state index contributed by atoms with van der Waals surface area (Å²) in [5.41, 5.74) is 6.44. The summed E-state index contributed by atoms with van der Waals surface area (Å²) in [6, 6.07) is 7.28. The molecular weight excluding hydrogens is 352 g/mol. The monoisotopic (exact) mass is 376 g/mol. The molecule has 140 valence electrons. The zero-order valence-electron chi connectivity index (χ0n) is 15.4. The highest BCUT2D eigenvalue weighted by Crippen LogP contribution is 2.20. The third-order valence-electron chi connectivity index (χ3n) is 3.35. The maximum Gasteiger partial charge on any atom is 0.237 e. The minimum Gasteiger partial charge on any atom is -0.494 e. The lowest BCUT2D eigenvalue weighted by Crippen LogP contribution is -2.23. The zero-order valence-corrected chi connectivity index (χ0v) is 16.2. The Labute approximate surface area is 157 Å². The van der Waals surface area contributed by atoms with Gasteiger partial charge in [-0.25, -0.2) is 0 Å². The summed E-state index contributed by atoms with van der Waals surface area (Å²) < 4.78 is 5.39. The van der Waals surface area contributed by atoms with Gasteiger partial charge in [-0.3, -0.25) is 4.79 Å². The lowest BCUT2D eigenvalue weighted by molar-refractivity contribution is -0.115. The molecule has 9 heteroatoms. The molecule has 0 radical (unpaired) electrons. The van der Waals surface area contributed by atoms with E-state index in [2.05, 4.69) is 20.3 Å². The molecule has 0 saturated carbocycles. The quantitative estimate of drug-likeness (QED) is 0.722. The lowest BCUT2D eigenvalue weighted by Gasteiger charge is -2.14. The number of aromatic nitrogens is 3. The number of rotatable bonds is 8. The maximum absolute atomic E-state index is 12.3. The predicted octanol–water partition coefficient (Wildman–Crippen LogP) is 2.18. The Kier molecular flexibility index (Phi) is 7.02. The Morgan fingerprint density at radius 2 is 1.96 bits per heavy atom. The van der Waals surface area contributed by atoms with Crippen molar-refractivity contribution in [3.63, 3.8) is 0 Å². The number of hydrogen-bond acceptors (Lipinski definition) is 8. The van der Waals surface area contributed by atoms with Gasteiger partial charge in [0.05, 0.1) is 17.6 Å². The summed E-state index contributed by atoms with van der Waals surface area (Å²) in [6.45, 7) is 4.37. The standard InChI is InChI=1S/C17H24N6O2S/c1-5-25-13-8-6-12(7-9-13)19-15(24)11(2)26-10-14-20-16(18)22-17(21-14)23(3)4/h6-9,11H,5,10H2,1-4H3,(H,19,24)(H2,18,20,21,22). The van der Waals surface area contributed by atoms with Gasteiger partial charge in [0.15, 0.2) is 0 Å². The Bertz CT molecular complexity index is 739. The van der Waals surface area contributed by atoms with Gasteiger partial charge >= 0.3 is 0 Å². The normalized spacial score (nSPS) is 11.7. The summed E-state index contributed by atoms with van der Waals surface area (Å²) >= 11 is 1.43. The summed E-state index contributed by atoms with van der Waals surface area (Å²) in [7, 11) is 3.66. The van der Waals surface area contributed by atoms with E-state index in [1.807, 2.05) is 52.2 Å². The number of nitrogen functional groups attached to an aromatic ring is 1. The van der Waals surface area contributed by atoms with Gasteiger partial charge in [-0.1, -0.05) is 0 Å². The van der Waals surface area contributed by atoms with Crippen LogP contribution < -0.4 is 20.7 Å². The van der Waals surface area contributed by atoms with Gasteiger partial charge in [0.25, 0.3) is 0 Å². The van der Waals surface area contributed by atoms with E-state index in [4.69, 9.17) is 10.5 Å². The molecule has 2 aromatic rings. The summed E-state index contributed by atoms with van der Waals surface area (Å²) in [5.74, 6) is 2.37. The molecule has 0 saturated heterocycles. The van der Waals surface area contributed by atoms with E-state index < -0.39 is 0 Å². The van der Waals surface area contributed by atoms with Crippen molar-refractivity contribution >= 4 is 35.3 Å². The van der Waals surface area contributed by atoms with Crippen molar-refractivity contribution in [1.29, 1.82) is 0 Å². The number of nitrogens with zero attached hydrogens (tertiary/aromatic N) is 4. The number of amides is 1. The van der Waals surface area contributed by atoms with Crippen LogP contribution in [0, 0.1) is 0 Å². The van der Waals surface area contributed by atoms with E-state index in [0.717, 1.165) is 11.4 Å². The first-order valence-corrected chi connectivity index (χ1v) is 9.27. The minimum atomic E-state index is -0.276. The molecular formula is C17H24N6O2S. The highest BCUT2D eigenvalue weighted by molar-refractivity contribution is 7.99. The highest BCUT2D eigenvalue weighted by Gasteiger charge is 2.15. The number of carbonyl (C=O) groups excluding carboxylic acids is 1. The molecule has 0 fully saturated rings. The molecule has 3 N–H and O–H groups in total. The molecule has 26 heavy (non-hydrogen) atoms. The second-order valence-corrected chi connectivity index (χ2v) is 7.03. The average Bonchev–Trinajstić information content (AvgIpc) is 2.61. The Balaban J connectivity index is 1.91. The van der Waals surface area contributed by atoms with Gasteiger partial charge in [0, 0.05) is 19.8 Å². The third-order valence-corrected chi connectivity index (χ3v) is 4.49.